The molecule has 4 rings (SSSR count). The molecule has 8 heteroatoms. The number of benzene rings is 1. The van der Waals surface area contributed by atoms with E-state index in [1.54, 1.807) is 11.3 Å². The summed E-state index contributed by atoms with van der Waals surface area (Å²) in [6, 6.07) is 6.02. The van der Waals surface area contributed by atoms with Crippen molar-refractivity contribution < 1.29 is 4.79 Å². The number of amides is 1. The lowest BCUT2D eigenvalue weighted by molar-refractivity contribution is -0.120. The third-order valence-corrected chi connectivity index (χ3v) is 6.40. The van der Waals surface area contributed by atoms with Crippen LogP contribution in [0, 0.1) is 11.8 Å². The zero-order valence-electron chi connectivity index (χ0n) is 14.6. The molecule has 1 aliphatic carbocycles. The molecule has 5 nitrogen and oxygen atoms in total. The van der Waals surface area contributed by atoms with Gasteiger partial charge in [0, 0.05) is 24.7 Å². The Balaban J connectivity index is 0.00000121. The molecule has 0 radical (unpaired) electrons. The van der Waals surface area contributed by atoms with Crippen molar-refractivity contribution in [2.45, 2.75) is 32.1 Å². The maximum atomic E-state index is 12.5. The van der Waals surface area contributed by atoms with Crippen LogP contribution in [0.1, 0.15) is 32.1 Å². The Labute approximate surface area is 170 Å². The van der Waals surface area contributed by atoms with Crippen molar-refractivity contribution in [1.29, 1.82) is 0 Å². The van der Waals surface area contributed by atoms with E-state index in [0.717, 1.165) is 53.4 Å². The van der Waals surface area contributed by atoms with Gasteiger partial charge in [0.25, 0.3) is 0 Å². The Bertz CT molecular complexity index is 748. The first kappa shape index (κ1) is 21.2. The fourth-order valence-electron chi connectivity index (χ4n) is 3.93. The molecule has 0 unspecified atom stereocenters. The van der Waals surface area contributed by atoms with Crippen molar-refractivity contribution in [3.8, 4) is 0 Å². The largest absolute Gasteiger partial charge is 0.348 e. The van der Waals surface area contributed by atoms with E-state index in [-0.39, 0.29) is 36.6 Å². The molecule has 2 aromatic rings. The molecule has 1 amide bonds. The lowest BCUT2D eigenvalue weighted by Crippen LogP contribution is -2.29. The van der Waals surface area contributed by atoms with Gasteiger partial charge >= 0.3 is 0 Å². The molecule has 2 atom stereocenters. The third-order valence-electron chi connectivity index (χ3n) is 5.32. The minimum absolute atomic E-state index is 0. The topological polar surface area (TPSA) is 71.2 Å². The minimum atomic E-state index is 0. The van der Waals surface area contributed by atoms with Crippen molar-refractivity contribution >= 4 is 63.1 Å². The summed E-state index contributed by atoms with van der Waals surface area (Å²) in [5, 5.41) is 4.19. The van der Waals surface area contributed by atoms with Gasteiger partial charge in [-0.3, -0.25) is 4.79 Å². The van der Waals surface area contributed by atoms with Gasteiger partial charge in [-0.2, -0.15) is 0 Å². The molecule has 1 aromatic heterocycles. The fourth-order valence-corrected chi connectivity index (χ4v) is 4.99. The number of aromatic nitrogens is 1. The van der Waals surface area contributed by atoms with E-state index < -0.39 is 0 Å². The van der Waals surface area contributed by atoms with Crippen molar-refractivity contribution in [2.24, 2.45) is 17.6 Å². The standard InChI is InChI=1S/C18H24N4OS.2ClH/c19-11-12-4-3-5-14(12)17(23)20-13-6-7-15-16(10-13)24-18(21-15)22-8-1-2-9-22;;/h6-7,10,12,14H,1-5,8-9,11,19H2,(H,20,23);2*1H/t12-,14-;;/m1../s1. The van der Waals surface area contributed by atoms with Gasteiger partial charge in [0.1, 0.15) is 0 Å². The number of hydrogen-bond acceptors (Lipinski definition) is 5. The maximum absolute atomic E-state index is 12.5. The van der Waals surface area contributed by atoms with Crippen LogP contribution >= 0.6 is 36.2 Å². The number of hydrogen-bond donors (Lipinski definition) is 2. The van der Waals surface area contributed by atoms with Crippen LogP contribution in [-0.4, -0.2) is 30.5 Å². The highest BCUT2D eigenvalue weighted by molar-refractivity contribution is 7.22. The van der Waals surface area contributed by atoms with Crippen LogP contribution in [0.25, 0.3) is 10.2 Å². The first-order valence-corrected chi connectivity index (χ1v) is 9.73. The van der Waals surface area contributed by atoms with E-state index in [9.17, 15) is 4.79 Å². The summed E-state index contributed by atoms with van der Waals surface area (Å²) in [6.45, 7) is 2.81. The highest BCUT2D eigenvalue weighted by atomic mass is 35.5. The Morgan fingerprint density at radius 2 is 2.00 bits per heavy atom. The van der Waals surface area contributed by atoms with Crippen LogP contribution in [-0.2, 0) is 4.79 Å². The normalized spacial score (nSPS) is 22.1. The molecule has 3 N–H and O–H groups in total. The van der Waals surface area contributed by atoms with Crippen LogP contribution in [0.4, 0.5) is 10.8 Å². The van der Waals surface area contributed by atoms with Gasteiger partial charge in [0.05, 0.1) is 10.2 Å². The van der Waals surface area contributed by atoms with Gasteiger partial charge in [0.2, 0.25) is 5.91 Å². The molecule has 0 spiro atoms. The van der Waals surface area contributed by atoms with Crippen LogP contribution in [0.5, 0.6) is 0 Å². The number of fused-ring (bicyclic) bond motifs is 1. The Morgan fingerprint density at radius 1 is 1.23 bits per heavy atom. The highest BCUT2D eigenvalue weighted by Crippen LogP contribution is 2.34. The van der Waals surface area contributed by atoms with Crippen LogP contribution in [0.15, 0.2) is 18.2 Å². The maximum Gasteiger partial charge on any atom is 0.227 e. The number of rotatable bonds is 4. The van der Waals surface area contributed by atoms with Crippen LogP contribution < -0.4 is 16.0 Å². The van der Waals surface area contributed by atoms with Gasteiger partial charge in [-0.15, -0.1) is 24.8 Å². The Hall–Kier alpha value is -1.08. The predicted molar refractivity (Wildman–Crippen MR) is 114 cm³/mol. The van der Waals surface area contributed by atoms with E-state index in [4.69, 9.17) is 10.7 Å². The summed E-state index contributed by atoms with van der Waals surface area (Å²) >= 11 is 1.72. The molecule has 0 bridgehead atoms. The van der Waals surface area contributed by atoms with Crippen molar-refractivity contribution in [3.05, 3.63) is 18.2 Å². The van der Waals surface area contributed by atoms with E-state index >= 15 is 0 Å². The second-order valence-electron chi connectivity index (χ2n) is 6.90. The summed E-state index contributed by atoms with van der Waals surface area (Å²) in [5.41, 5.74) is 7.68. The molecular weight excluding hydrogens is 391 g/mol. The zero-order valence-corrected chi connectivity index (χ0v) is 17.1. The molecule has 26 heavy (non-hydrogen) atoms. The van der Waals surface area contributed by atoms with Crippen LogP contribution in [0.2, 0.25) is 0 Å². The molecule has 1 aromatic carbocycles. The smallest absolute Gasteiger partial charge is 0.227 e. The summed E-state index contributed by atoms with van der Waals surface area (Å²) in [4.78, 5) is 19.6. The summed E-state index contributed by atoms with van der Waals surface area (Å²) in [7, 11) is 0. The quantitative estimate of drug-likeness (QED) is 0.787. The number of anilines is 2. The summed E-state index contributed by atoms with van der Waals surface area (Å²) in [6.07, 6.45) is 5.63. The predicted octanol–water partition coefficient (Wildman–Crippen LogP) is 4.05. The van der Waals surface area contributed by atoms with Crippen molar-refractivity contribution in [2.75, 3.05) is 29.9 Å². The van der Waals surface area contributed by atoms with Crippen LogP contribution in [0.3, 0.4) is 0 Å². The summed E-state index contributed by atoms with van der Waals surface area (Å²) < 4.78 is 1.14. The van der Waals surface area contributed by atoms with Gasteiger partial charge in [-0.05, 0) is 56.3 Å². The van der Waals surface area contributed by atoms with E-state index in [2.05, 4.69) is 16.3 Å². The average molecular weight is 417 g/mol. The molecule has 2 heterocycles. The molecular formula is C18H26Cl2N4OS. The fraction of sp³-hybridized carbons (Fsp3) is 0.556. The first-order chi connectivity index (χ1) is 11.7. The number of nitrogens with two attached hydrogens (primary N) is 1. The van der Waals surface area contributed by atoms with E-state index in [1.807, 2.05) is 12.1 Å². The zero-order chi connectivity index (χ0) is 16.5. The van der Waals surface area contributed by atoms with Gasteiger partial charge < -0.3 is 16.0 Å². The van der Waals surface area contributed by atoms with Gasteiger partial charge in [-0.1, -0.05) is 17.8 Å². The SMILES string of the molecule is Cl.Cl.NC[C@H]1CCC[C@H]1C(=O)Nc1ccc2nc(N3CCCC3)sc2c1. The molecule has 1 aliphatic heterocycles. The lowest BCUT2D eigenvalue weighted by atomic mass is 9.95. The number of carbonyl (C=O) groups excluding carboxylic acids is 1. The Kier molecular flexibility index (Phi) is 7.52. The second kappa shape index (κ2) is 9.22. The average Bonchev–Trinajstić information content (AvgIpc) is 3.32. The van der Waals surface area contributed by atoms with Crippen molar-refractivity contribution in [3.63, 3.8) is 0 Å². The Morgan fingerprint density at radius 3 is 2.73 bits per heavy atom. The molecule has 1 saturated carbocycles. The lowest BCUT2D eigenvalue weighted by Gasteiger charge is -2.17. The second-order valence-corrected chi connectivity index (χ2v) is 7.90. The molecule has 2 aliphatic rings. The minimum Gasteiger partial charge on any atom is -0.348 e. The number of halogens is 2. The highest BCUT2D eigenvalue weighted by Gasteiger charge is 2.31. The van der Waals surface area contributed by atoms with Gasteiger partial charge in [0.15, 0.2) is 5.13 Å². The number of thiazole rings is 1. The molecule has 2 fully saturated rings. The van der Waals surface area contributed by atoms with Crippen molar-refractivity contribution in [1.82, 2.24) is 4.98 Å². The third kappa shape index (κ3) is 4.25. The monoisotopic (exact) mass is 416 g/mol. The number of nitrogens with one attached hydrogen (secondary N) is 1. The molecule has 144 valence electrons. The number of nitrogens with zero attached hydrogens (tertiary/aromatic N) is 2. The van der Waals surface area contributed by atoms with E-state index in [0.29, 0.717) is 12.5 Å². The van der Waals surface area contributed by atoms with E-state index in [1.165, 1.54) is 12.8 Å². The number of carbonyl (C=O) groups is 1. The molecule has 1 saturated heterocycles. The first-order valence-electron chi connectivity index (χ1n) is 8.91. The van der Waals surface area contributed by atoms with Gasteiger partial charge in [-0.25, -0.2) is 4.98 Å². The summed E-state index contributed by atoms with van der Waals surface area (Å²) in [5.74, 6) is 0.512.